The van der Waals surface area contributed by atoms with Crippen molar-refractivity contribution in [3.63, 3.8) is 0 Å². The minimum atomic E-state index is -0.538. The van der Waals surface area contributed by atoms with Crippen LogP contribution in [0.1, 0.15) is 5.56 Å². The topological polar surface area (TPSA) is 72.7 Å². The standard InChI is InChI=1S/C25H19ClFN5OS/c26-19-14-17(10-11-20(19)27)28-22(33)15-34-25-29-24-23(30-31-25)18-8-4-5-9-21(18)32(24)13-12-16-6-2-1-3-7-16/h1-11,14H,12-13,15H2,(H,28,33). The summed E-state index contributed by atoms with van der Waals surface area (Å²) in [5.74, 6) is -0.739. The third kappa shape index (κ3) is 4.73. The third-order valence-corrected chi connectivity index (χ3v) is 6.48. The number of thioether (sulfide) groups is 1. The second-order valence-electron chi connectivity index (χ2n) is 7.64. The fourth-order valence-electron chi connectivity index (χ4n) is 3.76. The van der Waals surface area contributed by atoms with Gasteiger partial charge in [-0.2, -0.15) is 0 Å². The van der Waals surface area contributed by atoms with E-state index in [-0.39, 0.29) is 16.7 Å². The van der Waals surface area contributed by atoms with E-state index < -0.39 is 5.82 Å². The second kappa shape index (κ2) is 9.79. The van der Waals surface area contributed by atoms with Crippen LogP contribution in [0.3, 0.4) is 0 Å². The van der Waals surface area contributed by atoms with Gasteiger partial charge in [0.25, 0.3) is 0 Å². The number of aryl methyl sites for hydroxylation is 2. The lowest BCUT2D eigenvalue weighted by molar-refractivity contribution is -0.113. The number of aromatic nitrogens is 4. The number of rotatable bonds is 7. The molecule has 34 heavy (non-hydrogen) atoms. The molecule has 0 saturated carbocycles. The van der Waals surface area contributed by atoms with Gasteiger partial charge in [0.05, 0.1) is 16.3 Å². The molecule has 1 amide bonds. The number of carbonyl (C=O) groups is 1. The zero-order valence-corrected chi connectivity index (χ0v) is 19.5. The minimum Gasteiger partial charge on any atom is -0.325 e. The van der Waals surface area contributed by atoms with Gasteiger partial charge < -0.3 is 9.88 Å². The Kier molecular flexibility index (Phi) is 6.42. The highest BCUT2D eigenvalue weighted by Crippen LogP contribution is 2.27. The average molecular weight is 492 g/mol. The van der Waals surface area contributed by atoms with Gasteiger partial charge in [-0.1, -0.05) is 71.9 Å². The molecule has 0 atom stereocenters. The molecule has 5 aromatic rings. The highest BCUT2D eigenvalue weighted by Gasteiger charge is 2.16. The summed E-state index contributed by atoms with van der Waals surface area (Å²) >= 11 is 6.96. The van der Waals surface area contributed by atoms with Crippen molar-refractivity contribution < 1.29 is 9.18 Å². The third-order valence-electron chi connectivity index (χ3n) is 5.36. The van der Waals surface area contributed by atoms with Crippen molar-refractivity contribution in [2.75, 3.05) is 11.1 Å². The molecule has 0 aliphatic rings. The van der Waals surface area contributed by atoms with Gasteiger partial charge in [-0.15, -0.1) is 10.2 Å². The SMILES string of the molecule is O=C(CSc1nnc2c3ccccc3n(CCc3ccccc3)c2n1)Nc1ccc(F)c(Cl)c1. The first-order valence-corrected chi connectivity index (χ1v) is 12.0. The largest absolute Gasteiger partial charge is 0.325 e. The van der Waals surface area contributed by atoms with Crippen molar-refractivity contribution in [3.05, 3.63) is 89.2 Å². The smallest absolute Gasteiger partial charge is 0.234 e. The Morgan fingerprint density at radius 3 is 2.65 bits per heavy atom. The fraction of sp³-hybridized carbons (Fsp3) is 0.120. The van der Waals surface area contributed by atoms with Gasteiger partial charge in [-0.25, -0.2) is 9.37 Å². The van der Waals surface area contributed by atoms with Crippen molar-refractivity contribution in [1.29, 1.82) is 0 Å². The Labute approximate surface area is 204 Å². The molecule has 6 nitrogen and oxygen atoms in total. The highest BCUT2D eigenvalue weighted by molar-refractivity contribution is 7.99. The van der Waals surface area contributed by atoms with Crippen LogP contribution in [0.2, 0.25) is 5.02 Å². The Morgan fingerprint density at radius 2 is 1.82 bits per heavy atom. The van der Waals surface area contributed by atoms with Gasteiger partial charge in [0.1, 0.15) is 11.3 Å². The lowest BCUT2D eigenvalue weighted by Gasteiger charge is -2.08. The number of hydrogen-bond donors (Lipinski definition) is 1. The first-order chi connectivity index (χ1) is 16.6. The van der Waals surface area contributed by atoms with E-state index in [1.165, 1.54) is 35.5 Å². The summed E-state index contributed by atoms with van der Waals surface area (Å²) < 4.78 is 15.5. The normalized spacial score (nSPS) is 11.2. The van der Waals surface area contributed by atoms with Crippen LogP contribution in [0.4, 0.5) is 10.1 Å². The number of amides is 1. The molecule has 0 unspecified atom stereocenters. The Bertz CT molecular complexity index is 1490. The number of benzene rings is 3. The minimum absolute atomic E-state index is 0.0493. The molecule has 0 saturated heterocycles. The number of hydrogen-bond acceptors (Lipinski definition) is 5. The monoisotopic (exact) mass is 491 g/mol. The van der Waals surface area contributed by atoms with Gasteiger partial charge in [0, 0.05) is 17.6 Å². The van der Waals surface area contributed by atoms with Gasteiger partial charge in [-0.05, 0) is 36.2 Å². The van der Waals surface area contributed by atoms with Crippen LogP contribution >= 0.6 is 23.4 Å². The molecule has 0 aliphatic heterocycles. The van der Waals surface area contributed by atoms with E-state index in [1.54, 1.807) is 0 Å². The fourth-order valence-corrected chi connectivity index (χ4v) is 4.53. The second-order valence-corrected chi connectivity index (χ2v) is 8.99. The van der Waals surface area contributed by atoms with Crippen LogP contribution in [0, 0.1) is 5.82 Å². The van der Waals surface area contributed by atoms with Gasteiger partial charge in [0.2, 0.25) is 11.1 Å². The number of halogens is 2. The molecule has 5 rings (SSSR count). The molecule has 170 valence electrons. The number of anilines is 1. The molecular formula is C25H19ClFN5OS. The van der Waals surface area contributed by atoms with Crippen LogP contribution in [0.15, 0.2) is 78.0 Å². The van der Waals surface area contributed by atoms with Gasteiger partial charge in [-0.3, -0.25) is 4.79 Å². The van der Waals surface area contributed by atoms with Crippen molar-refractivity contribution in [2.24, 2.45) is 0 Å². The highest BCUT2D eigenvalue weighted by atomic mass is 35.5. The molecule has 0 fully saturated rings. The Morgan fingerprint density at radius 1 is 1.03 bits per heavy atom. The van der Waals surface area contributed by atoms with Crippen molar-refractivity contribution in [1.82, 2.24) is 19.7 Å². The van der Waals surface area contributed by atoms with Gasteiger partial charge in [0.15, 0.2) is 5.65 Å². The summed E-state index contributed by atoms with van der Waals surface area (Å²) in [6.45, 7) is 0.739. The van der Waals surface area contributed by atoms with Crippen molar-refractivity contribution in [2.45, 2.75) is 18.1 Å². The van der Waals surface area contributed by atoms with Crippen LogP contribution in [-0.4, -0.2) is 31.4 Å². The van der Waals surface area contributed by atoms with E-state index >= 15 is 0 Å². The van der Waals surface area contributed by atoms with Crippen LogP contribution in [-0.2, 0) is 17.8 Å². The van der Waals surface area contributed by atoms with E-state index in [9.17, 15) is 9.18 Å². The number of fused-ring (bicyclic) bond motifs is 3. The first-order valence-electron chi connectivity index (χ1n) is 10.6. The molecule has 2 aromatic heterocycles. The van der Waals surface area contributed by atoms with Crippen molar-refractivity contribution >= 4 is 57.0 Å². The number of nitrogens with zero attached hydrogens (tertiary/aromatic N) is 4. The summed E-state index contributed by atoms with van der Waals surface area (Å²) in [4.78, 5) is 17.1. The maximum Gasteiger partial charge on any atom is 0.234 e. The number of para-hydroxylation sites is 1. The lowest BCUT2D eigenvalue weighted by Crippen LogP contribution is -2.14. The first kappa shape index (κ1) is 22.3. The molecule has 0 spiro atoms. The molecule has 1 N–H and O–H groups in total. The molecule has 3 aromatic carbocycles. The maximum atomic E-state index is 13.3. The predicted molar refractivity (Wildman–Crippen MR) is 134 cm³/mol. The summed E-state index contributed by atoms with van der Waals surface area (Å²) in [6.07, 6.45) is 0.851. The number of carbonyl (C=O) groups excluding carboxylic acids is 1. The van der Waals surface area contributed by atoms with E-state index in [0.29, 0.717) is 10.8 Å². The molecule has 9 heteroatoms. The molecular weight excluding hydrogens is 473 g/mol. The summed E-state index contributed by atoms with van der Waals surface area (Å²) in [6, 6.07) is 22.4. The molecule has 0 aliphatic carbocycles. The zero-order valence-electron chi connectivity index (χ0n) is 17.9. The van der Waals surface area contributed by atoms with E-state index in [2.05, 4.69) is 38.3 Å². The van der Waals surface area contributed by atoms with E-state index in [1.807, 2.05) is 36.4 Å². The average Bonchev–Trinajstić information content (AvgIpc) is 3.17. The van der Waals surface area contributed by atoms with Crippen LogP contribution in [0.25, 0.3) is 22.1 Å². The predicted octanol–water partition coefficient (Wildman–Crippen LogP) is 5.75. The van der Waals surface area contributed by atoms with E-state index in [0.717, 1.165) is 35.0 Å². The molecule has 0 bridgehead atoms. The van der Waals surface area contributed by atoms with Crippen LogP contribution in [0.5, 0.6) is 0 Å². The van der Waals surface area contributed by atoms with Crippen LogP contribution < -0.4 is 5.32 Å². The maximum absolute atomic E-state index is 13.3. The zero-order chi connectivity index (χ0) is 23.5. The van der Waals surface area contributed by atoms with Crippen molar-refractivity contribution in [3.8, 4) is 0 Å². The molecule has 2 heterocycles. The summed E-state index contributed by atoms with van der Waals surface area (Å²) in [5, 5.41) is 12.7. The quantitative estimate of drug-likeness (QED) is 0.294. The Balaban J connectivity index is 1.36. The lowest BCUT2D eigenvalue weighted by atomic mass is 10.1. The van der Waals surface area contributed by atoms with Gasteiger partial charge >= 0.3 is 0 Å². The molecule has 0 radical (unpaired) electrons. The van der Waals surface area contributed by atoms with E-state index in [4.69, 9.17) is 16.6 Å². The summed E-state index contributed by atoms with van der Waals surface area (Å²) in [7, 11) is 0. The Hall–Kier alpha value is -3.49. The number of nitrogens with one attached hydrogen (secondary N) is 1. The summed E-state index contributed by atoms with van der Waals surface area (Å²) in [5.41, 5.74) is 4.18.